The number of alkyl carbamates (subject to hydrolysis) is 1. The van der Waals surface area contributed by atoms with Crippen LogP contribution >= 0.6 is 0 Å². The molecule has 2 aromatic heterocycles. The first-order valence-corrected chi connectivity index (χ1v) is 17.6. The number of ether oxygens (including phenoxy) is 6. The van der Waals surface area contributed by atoms with Crippen LogP contribution in [0.5, 0.6) is 23.0 Å². The van der Waals surface area contributed by atoms with E-state index in [4.69, 9.17) is 48.4 Å². The Bertz CT molecular complexity index is 1910. The fourth-order valence-corrected chi connectivity index (χ4v) is 5.26. The van der Waals surface area contributed by atoms with Gasteiger partial charge in [-0.15, -0.1) is 0 Å². The van der Waals surface area contributed by atoms with Crippen LogP contribution in [0.3, 0.4) is 0 Å². The van der Waals surface area contributed by atoms with Gasteiger partial charge in [0.1, 0.15) is 23.2 Å². The third kappa shape index (κ3) is 11.5. The fourth-order valence-electron chi connectivity index (χ4n) is 5.26. The number of nitrogens with one attached hydrogen (secondary N) is 5. The van der Waals surface area contributed by atoms with Gasteiger partial charge in [-0.25, -0.2) is 19.6 Å². The van der Waals surface area contributed by atoms with Crippen LogP contribution in [0.1, 0.15) is 38.8 Å². The number of hydrogen-bond acceptors (Lipinski definition) is 17. The molecule has 4 rings (SSSR count). The number of amides is 1. The van der Waals surface area contributed by atoms with Crippen molar-refractivity contribution in [3.8, 4) is 23.0 Å². The number of hydrogen-bond donors (Lipinski definition) is 6. The van der Waals surface area contributed by atoms with Gasteiger partial charge >= 0.3 is 12.1 Å². The van der Waals surface area contributed by atoms with E-state index in [1.54, 1.807) is 56.1 Å². The SMILES string of the molecule is COC(=O)[C@@H](NC(=O)OC(C)CNc1nc(NCc2ccc(OC)c(OC)c2)c2nc(NCC(C)O)nc(NCc3ccc(OC)c(OC)c3)c2n1)C(C)C. The molecule has 0 aliphatic carbocycles. The van der Waals surface area contributed by atoms with Crippen molar-refractivity contribution in [1.29, 1.82) is 0 Å². The maximum absolute atomic E-state index is 12.7. The quantitative estimate of drug-likeness (QED) is 0.0694. The number of aliphatic hydroxyl groups excluding tert-OH is 1. The van der Waals surface area contributed by atoms with Crippen molar-refractivity contribution in [3.63, 3.8) is 0 Å². The van der Waals surface area contributed by atoms with E-state index in [9.17, 15) is 14.7 Å². The minimum Gasteiger partial charge on any atom is -0.493 e. The molecule has 0 fully saturated rings. The largest absolute Gasteiger partial charge is 0.493 e. The number of rotatable bonds is 20. The molecule has 0 radical (unpaired) electrons. The van der Waals surface area contributed by atoms with Crippen molar-refractivity contribution in [3.05, 3.63) is 47.5 Å². The predicted octanol–water partition coefficient (Wildman–Crippen LogP) is 4.20. The van der Waals surface area contributed by atoms with Crippen molar-refractivity contribution in [2.24, 2.45) is 5.92 Å². The molecular weight excluding hydrogens is 714 g/mol. The van der Waals surface area contributed by atoms with Crippen molar-refractivity contribution in [1.82, 2.24) is 25.3 Å². The lowest BCUT2D eigenvalue weighted by Crippen LogP contribution is -2.46. The van der Waals surface area contributed by atoms with E-state index in [1.807, 2.05) is 36.4 Å². The third-order valence-corrected chi connectivity index (χ3v) is 8.17. The number of methoxy groups -OCH3 is 5. The van der Waals surface area contributed by atoms with Gasteiger partial charge in [0.2, 0.25) is 11.9 Å². The summed E-state index contributed by atoms with van der Waals surface area (Å²) in [4.78, 5) is 43.8. The Morgan fingerprint density at radius 2 is 1.13 bits per heavy atom. The summed E-state index contributed by atoms with van der Waals surface area (Å²) in [7, 11) is 7.53. The molecule has 298 valence electrons. The van der Waals surface area contributed by atoms with E-state index >= 15 is 0 Å². The number of anilines is 4. The second-order valence-electron chi connectivity index (χ2n) is 12.8. The Morgan fingerprint density at radius 3 is 1.55 bits per heavy atom. The van der Waals surface area contributed by atoms with E-state index in [-0.39, 0.29) is 30.9 Å². The summed E-state index contributed by atoms with van der Waals surface area (Å²) in [6.07, 6.45) is -2.11. The Balaban J connectivity index is 1.69. The molecule has 55 heavy (non-hydrogen) atoms. The molecule has 0 saturated heterocycles. The van der Waals surface area contributed by atoms with Crippen LogP contribution in [0.15, 0.2) is 36.4 Å². The number of carbonyl (C=O) groups excluding carboxylic acids is 2. The summed E-state index contributed by atoms with van der Waals surface area (Å²) in [5.74, 6) is 2.69. The van der Waals surface area contributed by atoms with Crippen LogP contribution in [-0.2, 0) is 27.4 Å². The molecule has 0 aliphatic rings. The lowest BCUT2D eigenvalue weighted by Gasteiger charge is -2.21. The topological polar surface area (TPSA) is 221 Å². The van der Waals surface area contributed by atoms with Crippen LogP contribution in [0.2, 0.25) is 0 Å². The molecule has 0 aliphatic heterocycles. The van der Waals surface area contributed by atoms with Gasteiger partial charge in [-0.05, 0) is 55.2 Å². The molecule has 2 unspecified atom stereocenters. The van der Waals surface area contributed by atoms with E-state index in [2.05, 4.69) is 26.6 Å². The number of benzene rings is 2. The average molecular weight is 766 g/mol. The zero-order valence-electron chi connectivity index (χ0n) is 32.6. The summed E-state index contributed by atoms with van der Waals surface area (Å²) in [6, 6.07) is 10.2. The molecule has 18 nitrogen and oxygen atoms in total. The van der Waals surface area contributed by atoms with Gasteiger partial charge in [-0.1, -0.05) is 26.0 Å². The highest BCUT2D eigenvalue weighted by atomic mass is 16.6. The minimum absolute atomic E-state index is 0.113. The van der Waals surface area contributed by atoms with Gasteiger partial charge in [0.25, 0.3) is 0 Å². The molecule has 3 atom stereocenters. The summed E-state index contributed by atoms with van der Waals surface area (Å²) >= 11 is 0. The van der Waals surface area contributed by atoms with Gasteiger partial charge in [0.05, 0.1) is 48.2 Å². The Labute approximate surface area is 320 Å². The molecule has 2 heterocycles. The van der Waals surface area contributed by atoms with Crippen LogP contribution in [0.25, 0.3) is 11.0 Å². The second-order valence-corrected chi connectivity index (χ2v) is 12.8. The first-order valence-electron chi connectivity index (χ1n) is 17.6. The first kappa shape index (κ1) is 41.7. The van der Waals surface area contributed by atoms with Crippen LogP contribution in [-0.4, -0.2) is 104 Å². The lowest BCUT2D eigenvalue weighted by atomic mass is 10.1. The van der Waals surface area contributed by atoms with E-state index in [0.717, 1.165) is 11.1 Å². The van der Waals surface area contributed by atoms with E-state index in [1.165, 1.54) is 7.11 Å². The highest BCUT2D eigenvalue weighted by molar-refractivity contribution is 5.94. The molecule has 18 heteroatoms. The minimum atomic E-state index is -0.870. The standard InChI is InChI=1S/C37H51N9O9/c1-20(2)29(34(48)54-9)44-37(49)55-22(4)17-41-36-43-31-30(33(46-36)39-19-24-11-13-26(51-6)28(15-24)53-8)42-35(40-16-21(3)47)45-32(31)38-18-23-10-12-25(50-5)27(14-23)52-7/h10-15,20-22,29,47H,16-19H2,1-9H3,(H,44,49)(H2,38,40,42,45)(H2,39,41,43,46)/t21?,22?,29-/m0/s1. The normalized spacial score (nSPS) is 12.6. The molecular formula is C37H51N9O9. The van der Waals surface area contributed by atoms with Crippen molar-refractivity contribution in [2.75, 3.05) is 69.9 Å². The number of fused-ring (bicyclic) bond motifs is 1. The van der Waals surface area contributed by atoms with Gasteiger partial charge in [0, 0.05) is 19.6 Å². The lowest BCUT2D eigenvalue weighted by molar-refractivity contribution is -0.144. The van der Waals surface area contributed by atoms with Crippen LogP contribution in [0.4, 0.5) is 28.3 Å². The van der Waals surface area contributed by atoms with Gasteiger partial charge < -0.3 is 60.1 Å². The zero-order valence-corrected chi connectivity index (χ0v) is 32.6. The molecule has 1 amide bonds. The Morgan fingerprint density at radius 1 is 0.655 bits per heavy atom. The average Bonchev–Trinajstić information content (AvgIpc) is 3.18. The molecule has 2 aromatic carbocycles. The smallest absolute Gasteiger partial charge is 0.408 e. The maximum Gasteiger partial charge on any atom is 0.408 e. The van der Waals surface area contributed by atoms with E-state index < -0.39 is 30.3 Å². The van der Waals surface area contributed by atoms with Gasteiger partial charge in [0.15, 0.2) is 34.6 Å². The van der Waals surface area contributed by atoms with Crippen molar-refractivity contribution >= 4 is 46.6 Å². The van der Waals surface area contributed by atoms with Crippen molar-refractivity contribution < 1.29 is 43.1 Å². The zero-order chi connectivity index (χ0) is 40.1. The molecule has 6 N–H and O–H groups in total. The predicted molar refractivity (Wildman–Crippen MR) is 207 cm³/mol. The molecule has 4 aromatic rings. The maximum atomic E-state index is 12.7. The summed E-state index contributed by atoms with van der Waals surface area (Å²) in [5, 5.41) is 25.5. The summed E-state index contributed by atoms with van der Waals surface area (Å²) in [5.41, 5.74) is 2.50. The van der Waals surface area contributed by atoms with Crippen LogP contribution < -0.4 is 45.5 Å². The van der Waals surface area contributed by atoms with Gasteiger partial charge in [-0.2, -0.15) is 9.97 Å². The number of esters is 1. The van der Waals surface area contributed by atoms with E-state index in [0.29, 0.717) is 58.8 Å². The highest BCUT2D eigenvalue weighted by Gasteiger charge is 2.26. The summed E-state index contributed by atoms with van der Waals surface area (Å²) < 4.78 is 32.1. The number of aromatic nitrogens is 4. The number of aliphatic hydroxyl groups is 1. The third-order valence-electron chi connectivity index (χ3n) is 8.17. The molecule has 0 saturated carbocycles. The first-order chi connectivity index (χ1) is 26.4. The molecule has 0 spiro atoms. The monoisotopic (exact) mass is 765 g/mol. The van der Waals surface area contributed by atoms with Gasteiger partial charge in [-0.3, -0.25) is 0 Å². The Kier molecular flexibility index (Phi) is 15.1. The van der Waals surface area contributed by atoms with Crippen molar-refractivity contribution in [2.45, 2.75) is 59.0 Å². The highest BCUT2D eigenvalue weighted by Crippen LogP contribution is 2.31. The molecule has 0 bridgehead atoms. The Hall–Kier alpha value is -6.04. The number of nitrogens with zero attached hydrogens (tertiary/aromatic N) is 4. The van der Waals surface area contributed by atoms with Crippen LogP contribution in [0, 0.1) is 5.92 Å². The fraction of sp³-hybridized carbons (Fsp3) is 0.459. The number of carbonyl (C=O) groups is 2. The summed E-state index contributed by atoms with van der Waals surface area (Å²) in [6.45, 7) is 7.86. The second kappa shape index (κ2) is 19.9.